The molecule has 0 aliphatic rings. The number of hydrogen-bond donors (Lipinski definition) is 3. The number of thiazole rings is 1. The SMILES string of the molecule is CC(NC(=O)c1n[nH]c2ccccc12)C(=O)Nc1ncc(Cc2ccc(Cl)cc2)s1. The summed E-state index contributed by atoms with van der Waals surface area (Å²) in [7, 11) is 0. The number of carbonyl (C=O) groups excluding carboxylic acids is 2. The van der Waals surface area contributed by atoms with E-state index in [1.807, 2.05) is 42.5 Å². The fraction of sp³-hybridized carbons (Fsp3) is 0.143. The molecule has 7 nitrogen and oxygen atoms in total. The van der Waals surface area contributed by atoms with Crippen molar-refractivity contribution in [3.63, 3.8) is 0 Å². The summed E-state index contributed by atoms with van der Waals surface area (Å²) in [5.41, 5.74) is 2.12. The monoisotopic (exact) mass is 439 g/mol. The van der Waals surface area contributed by atoms with Crippen molar-refractivity contribution in [2.45, 2.75) is 19.4 Å². The molecule has 30 heavy (non-hydrogen) atoms. The van der Waals surface area contributed by atoms with Crippen molar-refractivity contribution < 1.29 is 9.59 Å². The van der Waals surface area contributed by atoms with Gasteiger partial charge in [0.05, 0.1) is 5.52 Å². The minimum Gasteiger partial charge on any atom is -0.339 e. The van der Waals surface area contributed by atoms with Gasteiger partial charge in [0.15, 0.2) is 10.8 Å². The summed E-state index contributed by atoms with van der Waals surface area (Å²) in [4.78, 5) is 30.3. The van der Waals surface area contributed by atoms with Crippen LogP contribution in [0.4, 0.5) is 5.13 Å². The Morgan fingerprint density at radius 3 is 2.73 bits per heavy atom. The number of benzene rings is 2. The van der Waals surface area contributed by atoms with Crippen LogP contribution in [0.25, 0.3) is 10.9 Å². The number of hydrogen-bond acceptors (Lipinski definition) is 5. The third-order valence-corrected chi connectivity index (χ3v) is 5.67. The normalized spacial score (nSPS) is 11.9. The van der Waals surface area contributed by atoms with Crippen molar-refractivity contribution in [1.82, 2.24) is 20.5 Å². The molecule has 2 aromatic heterocycles. The van der Waals surface area contributed by atoms with Gasteiger partial charge in [-0.3, -0.25) is 14.7 Å². The molecule has 2 aromatic carbocycles. The Labute approximate surface area is 181 Å². The maximum atomic E-state index is 12.5. The number of fused-ring (bicyclic) bond motifs is 1. The molecule has 9 heteroatoms. The van der Waals surface area contributed by atoms with E-state index in [0.29, 0.717) is 22.0 Å². The van der Waals surface area contributed by atoms with Crippen LogP contribution in [0, 0.1) is 0 Å². The van der Waals surface area contributed by atoms with Crippen molar-refractivity contribution in [1.29, 1.82) is 0 Å². The summed E-state index contributed by atoms with van der Waals surface area (Å²) in [5.74, 6) is -0.770. The molecule has 0 saturated carbocycles. The number of amides is 2. The number of rotatable bonds is 6. The van der Waals surface area contributed by atoms with E-state index in [9.17, 15) is 9.59 Å². The van der Waals surface area contributed by atoms with E-state index in [2.05, 4.69) is 25.8 Å². The summed E-state index contributed by atoms with van der Waals surface area (Å²) >= 11 is 7.30. The molecule has 3 N–H and O–H groups in total. The zero-order valence-corrected chi connectivity index (χ0v) is 17.6. The van der Waals surface area contributed by atoms with Gasteiger partial charge in [-0.15, -0.1) is 11.3 Å². The van der Waals surface area contributed by atoms with Gasteiger partial charge in [0.2, 0.25) is 5.91 Å². The Morgan fingerprint density at radius 1 is 1.17 bits per heavy atom. The molecule has 0 saturated heterocycles. The van der Waals surface area contributed by atoms with Gasteiger partial charge in [-0.25, -0.2) is 4.98 Å². The first-order valence-corrected chi connectivity index (χ1v) is 10.4. The molecule has 0 spiro atoms. The lowest BCUT2D eigenvalue weighted by Crippen LogP contribution is -2.41. The number of nitrogens with one attached hydrogen (secondary N) is 3. The first-order chi connectivity index (χ1) is 14.5. The van der Waals surface area contributed by atoms with Crippen LogP contribution >= 0.6 is 22.9 Å². The number of carbonyl (C=O) groups is 2. The van der Waals surface area contributed by atoms with Crippen LogP contribution in [-0.2, 0) is 11.2 Å². The second-order valence-electron chi connectivity index (χ2n) is 6.74. The molecular weight excluding hydrogens is 422 g/mol. The predicted octanol–water partition coefficient (Wildman–Crippen LogP) is 4.02. The highest BCUT2D eigenvalue weighted by Crippen LogP contribution is 2.22. The van der Waals surface area contributed by atoms with Crippen LogP contribution < -0.4 is 10.6 Å². The number of nitrogens with zero attached hydrogens (tertiary/aromatic N) is 2. The quantitative estimate of drug-likeness (QED) is 0.422. The minimum absolute atomic E-state index is 0.254. The summed E-state index contributed by atoms with van der Waals surface area (Å²) in [5, 5.41) is 14.2. The van der Waals surface area contributed by atoms with Crippen LogP contribution in [0.2, 0.25) is 5.02 Å². The second-order valence-corrected chi connectivity index (χ2v) is 8.29. The Morgan fingerprint density at radius 2 is 1.93 bits per heavy atom. The van der Waals surface area contributed by atoms with Crippen molar-refractivity contribution >= 4 is 50.8 Å². The van der Waals surface area contributed by atoms with Gasteiger partial charge in [-0.2, -0.15) is 5.10 Å². The Kier molecular flexibility index (Phi) is 5.78. The third-order valence-electron chi connectivity index (χ3n) is 4.50. The molecule has 1 unspecified atom stereocenters. The number of H-pyrrole nitrogens is 1. The summed E-state index contributed by atoms with van der Waals surface area (Å²) in [6, 6.07) is 14.2. The van der Waals surface area contributed by atoms with Gasteiger partial charge >= 0.3 is 0 Å². The summed E-state index contributed by atoms with van der Waals surface area (Å²) in [6.45, 7) is 1.62. The van der Waals surface area contributed by atoms with Gasteiger partial charge in [0, 0.05) is 27.9 Å². The van der Waals surface area contributed by atoms with Crippen LogP contribution in [0.15, 0.2) is 54.7 Å². The van der Waals surface area contributed by atoms with Crippen LogP contribution in [0.3, 0.4) is 0 Å². The van der Waals surface area contributed by atoms with Gasteiger partial charge in [-0.05, 0) is 30.7 Å². The number of anilines is 1. The van der Waals surface area contributed by atoms with Crippen molar-refractivity contribution in [3.8, 4) is 0 Å². The number of aromatic amines is 1. The molecule has 1 atom stereocenters. The average Bonchev–Trinajstić information content (AvgIpc) is 3.36. The fourth-order valence-corrected chi connectivity index (χ4v) is 3.91. The van der Waals surface area contributed by atoms with E-state index < -0.39 is 11.9 Å². The molecule has 2 heterocycles. The van der Waals surface area contributed by atoms with E-state index >= 15 is 0 Å². The molecule has 4 rings (SSSR count). The molecule has 152 valence electrons. The number of halogens is 1. The molecule has 2 amide bonds. The molecule has 0 aliphatic heterocycles. The highest BCUT2D eigenvalue weighted by Gasteiger charge is 2.21. The maximum Gasteiger partial charge on any atom is 0.273 e. The first-order valence-electron chi connectivity index (χ1n) is 9.23. The van der Waals surface area contributed by atoms with Crippen molar-refractivity contribution in [2.75, 3.05) is 5.32 Å². The standard InChI is InChI=1S/C21H18ClN5O2S/c1-12(24-20(29)18-16-4-2-3-5-17(16)26-27-18)19(28)25-21-23-11-15(30-21)10-13-6-8-14(22)9-7-13/h2-9,11-12H,10H2,1H3,(H,24,29)(H,26,27)(H,23,25,28). The number of aromatic nitrogens is 3. The maximum absolute atomic E-state index is 12.5. The zero-order valence-electron chi connectivity index (χ0n) is 16.0. The largest absolute Gasteiger partial charge is 0.339 e. The van der Waals surface area contributed by atoms with Crippen molar-refractivity contribution in [3.05, 3.63) is 75.9 Å². The van der Waals surface area contributed by atoms with Crippen LogP contribution in [0.1, 0.15) is 27.9 Å². The van der Waals surface area contributed by atoms with Crippen molar-refractivity contribution in [2.24, 2.45) is 0 Å². The molecule has 0 radical (unpaired) electrons. The highest BCUT2D eigenvalue weighted by atomic mass is 35.5. The zero-order chi connectivity index (χ0) is 21.1. The minimum atomic E-state index is -0.753. The van der Waals surface area contributed by atoms with E-state index in [1.165, 1.54) is 11.3 Å². The molecule has 4 aromatic rings. The Hall–Kier alpha value is -3.23. The fourth-order valence-electron chi connectivity index (χ4n) is 2.93. The molecule has 0 fully saturated rings. The first kappa shape index (κ1) is 20.1. The smallest absolute Gasteiger partial charge is 0.273 e. The molecule has 0 bridgehead atoms. The van der Waals surface area contributed by atoms with Gasteiger partial charge in [0.25, 0.3) is 5.91 Å². The van der Waals surface area contributed by atoms with E-state index in [4.69, 9.17) is 11.6 Å². The second kappa shape index (κ2) is 8.64. The van der Waals surface area contributed by atoms with Gasteiger partial charge < -0.3 is 10.6 Å². The summed E-state index contributed by atoms with van der Waals surface area (Å²) in [6.07, 6.45) is 2.43. The topological polar surface area (TPSA) is 99.8 Å². The van der Waals surface area contributed by atoms with E-state index in [1.54, 1.807) is 19.2 Å². The van der Waals surface area contributed by atoms with Gasteiger partial charge in [0.1, 0.15) is 6.04 Å². The van der Waals surface area contributed by atoms with E-state index in [0.717, 1.165) is 16.0 Å². The van der Waals surface area contributed by atoms with Crippen LogP contribution in [0.5, 0.6) is 0 Å². The molecule has 0 aliphatic carbocycles. The lowest BCUT2D eigenvalue weighted by atomic mass is 10.1. The molecular formula is C21H18ClN5O2S. The summed E-state index contributed by atoms with van der Waals surface area (Å²) < 4.78 is 0. The van der Waals surface area contributed by atoms with E-state index in [-0.39, 0.29) is 11.6 Å². The van der Waals surface area contributed by atoms with Crippen LogP contribution in [-0.4, -0.2) is 33.0 Å². The third kappa shape index (κ3) is 4.50. The lowest BCUT2D eigenvalue weighted by molar-refractivity contribution is -0.117. The lowest BCUT2D eigenvalue weighted by Gasteiger charge is -2.12. The average molecular weight is 440 g/mol. The Balaban J connectivity index is 1.36. The number of para-hydroxylation sites is 1. The highest BCUT2D eigenvalue weighted by molar-refractivity contribution is 7.15. The van der Waals surface area contributed by atoms with Gasteiger partial charge in [-0.1, -0.05) is 41.9 Å². The predicted molar refractivity (Wildman–Crippen MR) is 118 cm³/mol. The Bertz CT molecular complexity index is 1200.